The van der Waals surface area contributed by atoms with E-state index in [4.69, 9.17) is 4.98 Å². The zero-order valence-electron chi connectivity index (χ0n) is 12.8. The summed E-state index contributed by atoms with van der Waals surface area (Å²) in [6, 6.07) is 1.21. The van der Waals surface area contributed by atoms with Gasteiger partial charge in [0.05, 0.1) is 0 Å². The summed E-state index contributed by atoms with van der Waals surface area (Å²) in [5, 5.41) is 4.83. The third-order valence-corrected chi connectivity index (χ3v) is 6.09. The first-order valence-electron chi connectivity index (χ1n) is 8.25. The zero-order chi connectivity index (χ0) is 13.9. The number of nitrogens with zero attached hydrogens (tertiary/aromatic N) is 2. The Kier molecular flexibility index (Phi) is 4.61. The van der Waals surface area contributed by atoms with Crippen LogP contribution in [0.2, 0.25) is 0 Å². The molecule has 0 aromatic carbocycles. The molecule has 4 heteroatoms. The average molecular weight is 293 g/mol. The number of hydrogen-bond acceptors (Lipinski definition) is 4. The van der Waals surface area contributed by atoms with Crippen molar-refractivity contribution in [2.24, 2.45) is 5.92 Å². The smallest absolute Gasteiger partial charge is 0.185 e. The summed E-state index contributed by atoms with van der Waals surface area (Å²) in [6.07, 6.45) is 10.3. The van der Waals surface area contributed by atoms with Crippen molar-refractivity contribution in [2.45, 2.75) is 64.5 Å². The van der Waals surface area contributed by atoms with E-state index in [1.807, 2.05) is 11.3 Å². The molecule has 1 N–H and O–H groups in total. The van der Waals surface area contributed by atoms with E-state index in [0.717, 1.165) is 18.5 Å². The molecule has 1 aliphatic carbocycles. The zero-order valence-corrected chi connectivity index (χ0v) is 13.6. The molecule has 20 heavy (non-hydrogen) atoms. The third-order valence-electron chi connectivity index (χ3n) is 4.88. The van der Waals surface area contributed by atoms with Gasteiger partial charge in [-0.1, -0.05) is 13.3 Å². The minimum Gasteiger partial charge on any atom is -0.345 e. The summed E-state index contributed by atoms with van der Waals surface area (Å²) in [6.45, 7) is 6.76. The second kappa shape index (κ2) is 6.44. The van der Waals surface area contributed by atoms with Gasteiger partial charge >= 0.3 is 0 Å². The lowest BCUT2D eigenvalue weighted by Crippen LogP contribution is -2.42. The fourth-order valence-electron chi connectivity index (χ4n) is 3.76. The molecule has 2 aliphatic rings. The van der Waals surface area contributed by atoms with Crippen LogP contribution in [0.15, 0.2) is 6.20 Å². The molecular weight excluding hydrogens is 266 g/mol. The van der Waals surface area contributed by atoms with Crippen LogP contribution in [0.4, 0.5) is 5.13 Å². The van der Waals surface area contributed by atoms with Gasteiger partial charge in [0.25, 0.3) is 0 Å². The Bertz CT molecular complexity index is 431. The molecule has 2 fully saturated rings. The van der Waals surface area contributed by atoms with Crippen molar-refractivity contribution >= 4 is 16.5 Å². The van der Waals surface area contributed by atoms with E-state index in [9.17, 15) is 0 Å². The lowest BCUT2D eigenvalue weighted by Gasteiger charge is -2.37. The van der Waals surface area contributed by atoms with Crippen LogP contribution in [0.3, 0.4) is 0 Å². The molecule has 3 atom stereocenters. The molecule has 112 valence electrons. The Morgan fingerprint density at radius 3 is 3.10 bits per heavy atom. The molecule has 0 bridgehead atoms. The number of nitrogens with one attached hydrogen (secondary N) is 1. The average Bonchev–Trinajstić information content (AvgIpc) is 3.12. The Balaban J connectivity index is 1.69. The second-order valence-electron chi connectivity index (χ2n) is 6.31. The van der Waals surface area contributed by atoms with Gasteiger partial charge in [0.1, 0.15) is 0 Å². The lowest BCUT2D eigenvalue weighted by molar-refractivity contribution is 0.362. The first-order chi connectivity index (χ1) is 9.79. The van der Waals surface area contributed by atoms with Gasteiger partial charge in [-0.3, -0.25) is 0 Å². The largest absolute Gasteiger partial charge is 0.345 e. The fourth-order valence-corrected chi connectivity index (χ4v) is 4.79. The van der Waals surface area contributed by atoms with Crippen molar-refractivity contribution in [3.05, 3.63) is 11.1 Å². The van der Waals surface area contributed by atoms with Gasteiger partial charge < -0.3 is 10.2 Å². The highest BCUT2D eigenvalue weighted by Crippen LogP contribution is 2.40. The molecular formula is C16H27N3S. The van der Waals surface area contributed by atoms with Crippen LogP contribution in [-0.2, 0) is 0 Å². The van der Waals surface area contributed by atoms with Gasteiger partial charge in [-0.05, 0) is 51.5 Å². The molecule has 1 aromatic rings. The molecule has 0 spiro atoms. The van der Waals surface area contributed by atoms with E-state index in [1.165, 1.54) is 55.1 Å². The number of anilines is 1. The van der Waals surface area contributed by atoms with Crippen LogP contribution in [0, 0.1) is 5.92 Å². The first kappa shape index (κ1) is 14.3. The molecule has 3 rings (SSSR count). The molecule has 1 saturated heterocycles. The number of rotatable bonds is 5. The van der Waals surface area contributed by atoms with Crippen molar-refractivity contribution < 1.29 is 0 Å². The monoisotopic (exact) mass is 293 g/mol. The summed E-state index contributed by atoms with van der Waals surface area (Å²) >= 11 is 1.90. The van der Waals surface area contributed by atoms with Crippen molar-refractivity contribution in [2.75, 3.05) is 18.0 Å². The van der Waals surface area contributed by atoms with Gasteiger partial charge in [-0.15, -0.1) is 11.3 Å². The van der Waals surface area contributed by atoms with Crippen molar-refractivity contribution in [3.8, 4) is 0 Å². The Hall–Kier alpha value is -0.610. The second-order valence-corrected chi connectivity index (χ2v) is 7.36. The van der Waals surface area contributed by atoms with Gasteiger partial charge in [0, 0.05) is 29.7 Å². The van der Waals surface area contributed by atoms with Crippen LogP contribution in [0.25, 0.3) is 0 Å². The Morgan fingerprint density at radius 1 is 1.40 bits per heavy atom. The predicted octanol–water partition coefficient (Wildman–Crippen LogP) is 3.97. The summed E-state index contributed by atoms with van der Waals surface area (Å²) in [7, 11) is 0. The number of hydrogen-bond donors (Lipinski definition) is 1. The van der Waals surface area contributed by atoms with Crippen molar-refractivity contribution in [1.82, 2.24) is 10.3 Å². The van der Waals surface area contributed by atoms with Gasteiger partial charge in [0.2, 0.25) is 0 Å². The highest BCUT2D eigenvalue weighted by molar-refractivity contribution is 7.15. The first-order valence-corrected chi connectivity index (χ1v) is 9.07. The maximum atomic E-state index is 4.73. The quantitative estimate of drug-likeness (QED) is 0.890. The number of piperidine rings is 1. The van der Waals surface area contributed by atoms with Crippen LogP contribution in [-0.4, -0.2) is 24.1 Å². The van der Waals surface area contributed by atoms with E-state index < -0.39 is 0 Å². The van der Waals surface area contributed by atoms with Crippen LogP contribution in [0.1, 0.15) is 63.3 Å². The molecule has 1 aromatic heterocycles. The number of aromatic nitrogens is 1. The molecule has 3 unspecified atom stereocenters. The van der Waals surface area contributed by atoms with E-state index >= 15 is 0 Å². The standard InChI is InChI=1S/C16H27N3S/c1-3-9-17-12(2)15-11-18-16(20-15)19-10-5-7-13-6-4-8-14(13)19/h11-14,17H,3-10H2,1-2H3. The van der Waals surface area contributed by atoms with Crippen molar-refractivity contribution in [3.63, 3.8) is 0 Å². The van der Waals surface area contributed by atoms with Gasteiger partial charge in [-0.25, -0.2) is 4.98 Å². The molecule has 1 saturated carbocycles. The minimum atomic E-state index is 0.436. The van der Waals surface area contributed by atoms with E-state index in [-0.39, 0.29) is 0 Å². The van der Waals surface area contributed by atoms with E-state index in [2.05, 4.69) is 30.3 Å². The normalized spacial score (nSPS) is 27.6. The van der Waals surface area contributed by atoms with Gasteiger partial charge in [-0.2, -0.15) is 0 Å². The lowest BCUT2D eigenvalue weighted by atomic mass is 9.92. The summed E-state index contributed by atoms with van der Waals surface area (Å²) in [4.78, 5) is 8.73. The Morgan fingerprint density at radius 2 is 2.25 bits per heavy atom. The summed E-state index contributed by atoms with van der Waals surface area (Å²) in [5.74, 6) is 0.937. The topological polar surface area (TPSA) is 28.2 Å². The van der Waals surface area contributed by atoms with E-state index in [0.29, 0.717) is 6.04 Å². The molecule has 1 aliphatic heterocycles. The maximum absolute atomic E-state index is 4.73. The Labute approximate surface area is 126 Å². The number of thiazole rings is 1. The number of fused-ring (bicyclic) bond motifs is 1. The predicted molar refractivity (Wildman–Crippen MR) is 86.5 cm³/mol. The SMILES string of the molecule is CCCNC(C)c1cnc(N2CCCC3CCCC32)s1. The van der Waals surface area contributed by atoms with Crippen molar-refractivity contribution in [1.29, 1.82) is 0 Å². The highest BCUT2D eigenvalue weighted by atomic mass is 32.1. The van der Waals surface area contributed by atoms with Crippen LogP contribution in [0.5, 0.6) is 0 Å². The molecule has 0 amide bonds. The van der Waals surface area contributed by atoms with Crippen LogP contribution < -0.4 is 10.2 Å². The fraction of sp³-hybridized carbons (Fsp3) is 0.812. The van der Waals surface area contributed by atoms with Crippen LogP contribution >= 0.6 is 11.3 Å². The molecule has 2 heterocycles. The summed E-state index contributed by atoms with van der Waals surface area (Å²) in [5.41, 5.74) is 0. The van der Waals surface area contributed by atoms with Gasteiger partial charge in [0.15, 0.2) is 5.13 Å². The summed E-state index contributed by atoms with van der Waals surface area (Å²) < 4.78 is 0. The molecule has 0 radical (unpaired) electrons. The minimum absolute atomic E-state index is 0.436. The van der Waals surface area contributed by atoms with E-state index in [1.54, 1.807) is 0 Å². The molecule has 3 nitrogen and oxygen atoms in total. The maximum Gasteiger partial charge on any atom is 0.185 e. The highest BCUT2D eigenvalue weighted by Gasteiger charge is 2.36. The third kappa shape index (κ3) is 2.86.